The van der Waals surface area contributed by atoms with E-state index in [0.29, 0.717) is 6.42 Å². The van der Waals surface area contributed by atoms with Crippen LogP contribution in [0.25, 0.3) is 0 Å². The Morgan fingerprint density at radius 3 is 2.36 bits per heavy atom. The minimum Gasteiger partial charge on any atom is -0.383 e. The fourth-order valence-electron chi connectivity index (χ4n) is 3.25. The van der Waals surface area contributed by atoms with Crippen LogP contribution in [0, 0.1) is 0 Å². The smallest absolute Gasteiger partial charge is 0.150 e. The molecule has 0 spiro atoms. The summed E-state index contributed by atoms with van der Waals surface area (Å²) in [6.45, 7) is 0. The molecule has 3 aromatic rings. The number of thiazole rings is 1. The predicted octanol–water partition coefficient (Wildman–Crippen LogP) is 4.07. The highest BCUT2D eigenvalue weighted by Crippen LogP contribution is 2.49. The Balaban J connectivity index is 1.49. The van der Waals surface area contributed by atoms with E-state index in [-0.39, 0.29) is 11.2 Å². The Morgan fingerprint density at radius 2 is 1.72 bits per heavy atom. The van der Waals surface area contributed by atoms with Gasteiger partial charge in [-0.2, -0.15) is 0 Å². The zero-order valence-electron chi connectivity index (χ0n) is 13.8. The van der Waals surface area contributed by atoms with E-state index < -0.39 is 6.10 Å². The first-order chi connectivity index (χ1) is 12.2. The molecule has 0 aliphatic heterocycles. The minimum atomic E-state index is -0.688. The lowest BCUT2D eigenvalue weighted by atomic mass is 9.90. The van der Waals surface area contributed by atoms with Gasteiger partial charge < -0.3 is 5.11 Å². The Morgan fingerprint density at radius 1 is 1.08 bits per heavy atom. The highest BCUT2D eigenvalue weighted by Gasteiger charge is 2.50. The van der Waals surface area contributed by atoms with Crippen LogP contribution < -0.4 is 0 Å². The summed E-state index contributed by atoms with van der Waals surface area (Å²) >= 11 is 1.42. The Kier molecular flexibility index (Phi) is 4.24. The standard InChI is InChI=1S/C21H19NO2S/c23-18(21(11-12-21)16-9-5-2-6-10-16)13-19-22-14-17(25-19)20(24)15-7-3-1-4-8-15/h1-10,14,20,24H,11-13H2. The first kappa shape index (κ1) is 16.2. The van der Waals surface area contributed by atoms with Gasteiger partial charge in [-0.3, -0.25) is 4.79 Å². The molecule has 1 unspecified atom stereocenters. The highest BCUT2D eigenvalue weighted by molar-refractivity contribution is 7.11. The topological polar surface area (TPSA) is 50.2 Å². The van der Waals surface area contributed by atoms with Crippen molar-refractivity contribution in [2.24, 2.45) is 0 Å². The van der Waals surface area contributed by atoms with Crippen LogP contribution >= 0.6 is 11.3 Å². The third-order valence-electron chi connectivity index (χ3n) is 4.88. The van der Waals surface area contributed by atoms with Gasteiger partial charge in [-0.25, -0.2) is 4.98 Å². The number of aliphatic hydroxyl groups excluding tert-OH is 1. The van der Waals surface area contributed by atoms with Gasteiger partial charge in [0.2, 0.25) is 0 Å². The van der Waals surface area contributed by atoms with Crippen LogP contribution in [0.15, 0.2) is 66.9 Å². The molecule has 2 aromatic carbocycles. The lowest BCUT2D eigenvalue weighted by molar-refractivity contribution is -0.120. The zero-order chi connectivity index (χ0) is 17.3. The number of aliphatic hydroxyl groups is 1. The number of nitrogens with zero attached hydrogens (tertiary/aromatic N) is 1. The number of benzene rings is 2. The highest BCUT2D eigenvalue weighted by atomic mass is 32.1. The predicted molar refractivity (Wildman–Crippen MR) is 98.7 cm³/mol. The summed E-state index contributed by atoms with van der Waals surface area (Å²) in [6, 6.07) is 19.5. The van der Waals surface area contributed by atoms with E-state index >= 15 is 0 Å². The second-order valence-corrected chi connectivity index (χ2v) is 7.66. The lowest BCUT2D eigenvalue weighted by Gasteiger charge is -2.13. The van der Waals surface area contributed by atoms with Crippen molar-refractivity contribution in [3.05, 3.63) is 87.9 Å². The summed E-state index contributed by atoms with van der Waals surface area (Å²) in [4.78, 5) is 18.0. The second-order valence-electron chi connectivity index (χ2n) is 6.52. The molecule has 0 radical (unpaired) electrons. The molecule has 1 fully saturated rings. The zero-order valence-corrected chi connectivity index (χ0v) is 14.6. The number of Topliss-reactive ketones (excluding diaryl/α,β-unsaturated/α-hetero) is 1. The van der Waals surface area contributed by atoms with Gasteiger partial charge in [-0.15, -0.1) is 11.3 Å². The molecule has 1 aliphatic rings. The van der Waals surface area contributed by atoms with Crippen LogP contribution in [0.2, 0.25) is 0 Å². The van der Waals surface area contributed by atoms with Gasteiger partial charge in [-0.1, -0.05) is 60.7 Å². The first-order valence-corrected chi connectivity index (χ1v) is 9.27. The first-order valence-electron chi connectivity index (χ1n) is 8.45. The Labute approximate surface area is 151 Å². The molecule has 1 aliphatic carbocycles. The fraction of sp³-hybridized carbons (Fsp3) is 0.238. The number of rotatable bonds is 6. The van der Waals surface area contributed by atoms with Crippen LogP contribution in [-0.4, -0.2) is 15.9 Å². The molecule has 4 heteroatoms. The van der Waals surface area contributed by atoms with E-state index in [1.807, 2.05) is 60.7 Å². The molecule has 1 aromatic heterocycles. The maximum Gasteiger partial charge on any atom is 0.150 e. The normalized spacial score (nSPS) is 16.4. The van der Waals surface area contributed by atoms with Crippen LogP contribution in [0.1, 0.15) is 40.0 Å². The van der Waals surface area contributed by atoms with Crippen molar-refractivity contribution in [1.29, 1.82) is 0 Å². The number of ketones is 1. The van der Waals surface area contributed by atoms with E-state index in [1.54, 1.807) is 6.20 Å². The molecule has 1 saturated carbocycles. The van der Waals surface area contributed by atoms with E-state index in [4.69, 9.17) is 0 Å². The monoisotopic (exact) mass is 349 g/mol. The van der Waals surface area contributed by atoms with E-state index in [1.165, 1.54) is 11.3 Å². The van der Waals surface area contributed by atoms with Crippen molar-refractivity contribution >= 4 is 17.1 Å². The van der Waals surface area contributed by atoms with Crippen molar-refractivity contribution in [3.63, 3.8) is 0 Å². The summed E-state index contributed by atoms with van der Waals surface area (Å²) in [7, 11) is 0. The maximum absolute atomic E-state index is 12.9. The minimum absolute atomic E-state index is 0.230. The lowest BCUT2D eigenvalue weighted by Crippen LogP contribution is -2.22. The molecule has 1 heterocycles. The summed E-state index contributed by atoms with van der Waals surface area (Å²) < 4.78 is 0. The van der Waals surface area contributed by atoms with Crippen LogP contribution in [-0.2, 0) is 16.6 Å². The number of aromatic nitrogens is 1. The summed E-state index contributed by atoms with van der Waals surface area (Å²) in [5.74, 6) is 0.230. The van der Waals surface area contributed by atoms with Gasteiger partial charge in [0.25, 0.3) is 0 Å². The van der Waals surface area contributed by atoms with Crippen LogP contribution in [0.5, 0.6) is 0 Å². The van der Waals surface area contributed by atoms with Gasteiger partial charge >= 0.3 is 0 Å². The van der Waals surface area contributed by atoms with Crippen molar-refractivity contribution in [2.75, 3.05) is 0 Å². The molecular weight excluding hydrogens is 330 g/mol. The van der Waals surface area contributed by atoms with Crippen molar-refractivity contribution in [1.82, 2.24) is 4.98 Å². The summed E-state index contributed by atoms with van der Waals surface area (Å²) in [5.41, 5.74) is 1.64. The van der Waals surface area contributed by atoms with E-state index in [0.717, 1.165) is 33.9 Å². The maximum atomic E-state index is 12.9. The molecule has 25 heavy (non-hydrogen) atoms. The van der Waals surface area contributed by atoms with Gasteiger partial charge in [0.15, 0.2) is 0 Å². The largest absolute Gasteiger partial charge is 0.383 e. The van der Waals surface area contributed by atoms with E-state index in [9.17, 15) is 9.90 Å². The van der Waals surface area contributed by atoms with Crippen LogP contribution in [0.4, 0.5) is 0 Å². The average molecular weight is 349 g/mol. The number of carbonyl (C=O) groups is 1. The quantitative estimate of drug-likeness (QED) is 0.730. The molecule has 3 nitrogen and oxygen atoms in total. The number of carbonyl (C=O) groups excluding carboxylic acids is 1. The van der Waals surface area contributed by atoms with Gasteiger partial charge in [0, 0.05) is 6.20 Å². The number of hydrogen-bond donors (Lipinski definition) is 1. The Bertz CT molecular complexity index is 869. The summed E-state index contributed by atoms with van der Waals surface area (Å²) in [5, 5.41) is 11.3. The van der Waals surface area contributed by atoms with Crippen LogP contribution in [0.3, 0.4) is 0 Å². The number of hydrogen-bond acceptors (Lipinski definition) is 4. The van der Waals surface area contributed by atoms with Crippen molar-refractivity contribution < 1.29 is 9.90 Å². The van der Waals surface area contributed by atoms with Gasteiger partial charge in [-0.05, 0) is 24.0 Å². The van der Waals surface area contributed by atoms with Gasteiger partial charge in [0.1, 0.15) is 16.9 Å². The molecule has 126 valence electrons. The SMILES string of the molecule is O=C(Cc1ncc(C(O)c2ccccc2)s1)C1(c2ccccc2)CC1. The van der Waals surface area contributed by atoms with Crippen molar-refractivity contribution in [3.8, 4) is 0 Å². The third kappa shape index (κ3) is 3.15. The molecule has 1 atom stereocenters. The molecular formula is C21H19NO2S. The molecule has 1 N–H and O–H groups in total. The van der Waals surface area contributed by atoms with Crippen molar-refractivity contribution in [2.45, 2.75) is 30.8 Å². The molecule has 0 amide bonds. The third-order valence-corrected chi connectivity index (χ3v) is 5.93. The molecule has 4 rings (SSSR count). The molecule has 0 bridgehead atoms. The average Bonchev–Trinajstić information content (AvgIpc) is 3.36. The molecule has 0 saturated heterocycles. The Hall–Kier alpha value is -2.30. The van der Waals surface area contributed by atoms with Gasteiger partial charge in [0.05, 0.1) is 16.7 Å². The summed E-state index contributed by atoms with van der Waals surface area (Å²) in [6.07, 6.45) is 3.17. The second kappa shape index (κ2) is 6.54. The fourth-order valence-corrected chi connectivity index (χ4v) is 4.18. The van der Waals surface area contributed by atoms with E-state index in [2.05, 4.69) is 4.98 Å².